The van der Waals surface area contributed by atoms with Crippen LogP contribution in [-0.2, 0) is 4.74 Å². The van der Waals surface area contributed by atoms with E-state index in [1.54, 1.807) is 30.3 Å². The van der Waals surface area contributed by atoms with Gasteiger partial charge in [-0.2, -0.15) is 0 Å². The Morgan fingerprint density at radius 2 is 1.40 bits per heavy atom. The van der Waals surface area contributed by atoms with Crippen molar-refractivity contribution < 1.29 is 27.8 Å². The number of hydrogen-bond acceptors (Lipinski definition) is 4. The topological polar surface area (TPSA) is 52.6 Å². The van der Waals surface area contributed by atoms with Crippen molar-refractivity contribution in [3.8, 4) is 5.75 Å². The minimum Gasteiger partial charge on any atom is -0.497 e. The summed E-state index contributed by atoms with van der Waals surface area (Å²) in [6, 6.07) is 18.0. The molecule has 3 rings (SSSR count). The van der Waals surface area contributed by atoms with Crippen LogP contribution in [0.15, 0.2) is 72.8 Å². The quantitative estimate of drug-likeness (QED) is 0.379. The van der Waals surface area contributed by atoms with Crippen LogP contribution >= 0.6 is 0 Å². The Morgan fingerprint density at radius 3 is 1.97 bits per heavy atom. The lowest BCUT2D eigenvalue weighted by Gasteiger charge is -2.17. The van der Waals surface area contributed by atoms with Gasteiger partial charge in [0.15, 0.2) is 5.78 Å². The molecular formula is C24H20F2O4. The lowest BCUT2D eigenvalue weighted by molar-refractivity contribution is 0.0482. The van der Waals surface area contributed by atoms with E-state index in [-0.39, 0.29) is 24.2 Å². The van der Waals surface area contributed by atoms with Crippen LogP contribution in [0.4, 0.5) is 8.78 Å². The van der Waals surface area contributed by atoms with Crippen LogP contribution in [0.1, 0.15) is 38.6 Å². The second kappa shape index (κ2) is 9.78. The number of hydrogen-bond donors (Lipinski definition) is 0. The minimum absolute atomic E-state index is 0.0428. The number of esters is 1. The highest BCUT2D eigenvalue weighted by molar-refractivity contribution is 6.01. The predicted molar refractivity (Wildman–Crippen MR) is 108 cm³/mol. The molecule has 0 amide bonds. The second-order valence-corrected chi connectivity index (χ2v) is 6.57. The average molecular weight is 410 g/mol. The van der Waals surface area contributed by atoms with Crippen molar-refractivity contribution >= 4 is 11.8 Å². The third kappa shape index (κ3) is 4.89. The maximum absolute atomic E-state index is 14.2. The zero-order valence-corrected chi connectivity index (χ0v) is 16.3. The Labute approximate surface area is 173 Å². The fourth-order valence-corrected chi connectivity index (χ4v) is 3.11. The zero-order valence-electron chi connectivity index (χ0n) is 16.3. The Morgan fingerprint density at radius 1 is 0.833 bits per heavy atom. The first-order chi connectivity index (χ1) is 14.5. The summed E-state index contributed by atoms with van der Waals surface area (Å²) < 4.78 is 38.2. The zero-order chi connectivity index (χ0) is 21.5. The van der Waals surface area contributed by atoms with Crippen LogP contribution in [0.25, 0.3) is 0 Å². The van der Waals surface area contributed by atoms with Gasteiger partial charge in [0.05, 0.1) is 30.8 Å². The van der Waals surface area contributed by atoms with Crippen molar-refractivity contribution in [2.75, 3.05) is 13.7 Å². The highest BCUT2D eigenvalue weighted by Crippen LogP contribution is 2.27. The number of benzene rings is 3. The van der Waals surface area contributed by atoms with Crippen molar-refractivity contribution in [1.29, 1.82) is 0 Å². The smallest absolute Gasteiger partial charge is 0.341 e. The van der Waals surface area contributed by atoms with Gasteiger partial charge in [-0.05, 0) is 48.4 Å². The monoisotopic (exact) mass is 410 g/mol. The predicted octanol–water partition coefficient (Wildman–Crippen LogP) is 5.19. The lowest BCUT2D eigenvalue weighted by Crippen LogP contribution is -2.18. The van der Waals surface area contributed by atoms with Crippen molar-refractivity contribution in [1.82, 2.24) is 0 Å². The van der Waals surface area contributed by atoms with Crippen molar-refractivity contribution in [2.24, 2.45) is 0 Å². The summed E-state index contributed by atoms with van der Waals surface area (Å²) in [6.45, 7) is -0.135. The Kier molecular flexibility index (Phi) is 6.91. The van der Waals surface area contributed by atoms with Gasteiger partial charge in [0.25, 0.3) is 0 Å². The Balaban J connectivity index is 1.79. The molecule has 0 aliphatic carbocycles. The molecule has 3 aromatic rings. The standard InChI is InChI=1S/C24H20F2O4/c1-29-17-12-10-16(11-13-17)18(23(27)19-6-2-4-8-21(19)25)14-15-30-24(28)20-7-3-5-9-22(20)26/h2-13,18H,14-15H2,1H3. The second-order valence-electron chi connectivity index (χ2n) is 6.57. The van der Waals surface area contributed by atoms with Crippen LogP contribution in [0.2, 0.25) is 0 Å². The van der Waals surface area contributed by atoms with Gasteiger partial charge in [-0.15, -0.1) is 0 Å². The SMILES string of the molecule is COc1ccc(C(CCOC(=O)c2ccccc2F)C(=O)c2ccccc2F)cc1. The van der Waals surface area contributed by atoms with Crippen molar-refractivity contribution in [3.63, 3.8) is 0 Å². The van der Waals surface area contributed by atoms with Gasteiger partial charge in [0.1, 0.15) is 17.4 Å². The van der Waals surface area contributed by atoms with Crippen LogP contribution in [-0.4, -0.2) is 25.5 Å². The van der Waals surface area contributed by atoms with Gasteiger partial charge in [-0.1, -0.05) is 36.4 Å². The van der Waals surface area contributed by atoms with Gasteiger partial charge >= 0.3 is 5.97 Å². The van der Waals surface area contributed by atoms with Gasteiger partial charge < -0.3 is 9.47 Å². The fourth-order valence-electron chi connectivity index (χ4n) is 3.11. The van der Waals surface area contributed by atoms with Crippen molar-refractivity contribution in [3.05, 3.63) is 101 Å². The van der Waals surface area contributed by atoms with E-state index >= 15 is 0 Å². The summed E-state index contributed by atoms with van der Waals surface area (Å²) in [7, 11) is 1.53. The summed E-state index contributed by atoms with van der Waals surface area (Å²) in [5.74, 6) is -2.69. The first kappa shape index (κ1) is 21.2. The van der Waals surface area contributed by atoms with E-state index in [1.807, 2.05) is 0 Å². The average Bonchev–Trinajstić information content (AvgIpc) is 2.77. The first-order valence-electron chi connectivity index (χ1n) is 9.35. The molecule has 0 aliphatic rings. The molecule has 0 N–H and O–H groups in total. The van der Waals surface area contributed by atoms with Gasteiger partial charge in [-0.3, -0.25) is 4.79 Å². The molecule has 0 saturated heterocycles. The highest BCUT2D eigenvalue weighted by Gasteiger charge is 2.25. The number of ketones is 1. The molecule has 0 aromatic heterocycles. The van der Waals surface area contributed by atoms with Crippen LogP contribution in [0, 0.1) is 11.6 Å². The highest BCUT2D eigenvalue weighted by atomic mass is 19.1. The normalized spacial score (nSPS) is 11.6. The number of ether oxygens (including phenoxy) is 2. The third-order valence-electron chi connectivity index (χ3n) is 4.71. The third-order valence-corrected chi connectivity index (χ3v) is 4.71. The molecule has 0 aliphatic heterocycles. The molecule has 0 saturated carbocycles. The molecule has 0 spiro atoms. The summed E-state index contributed by atoms with van der Waals surface area (Å²) in [4.78, 5) is 25.2. The number of Topliss-reactive ketones (excluding diaryl/α,β-unsaturated/α-hetero) is 1. The summed E-state index contributed by atoms with van der Waals surface area (Å²) in [6.07, 6.45) is 0.111. The van der Waals surface area contributed by atoms with E-state index in [1.165, 1.54) is 49.6 Å². The number of rotatable bonds is 8. The molecule has 30 heavy (non-hydrogen) atoms. The van der Waals surface area contributed by atoms with E-state index in [0.29, 0.717) is 11.3 Å². The van der Waals surface area contributed by atoms with E-state index < -0.39 is 29.3 Å². The first-order valence-corrected chi connectivity index (χ1v) is 9.35. The molecular weight excluding hydrogens is 390 g/mol. The van der Waals surface area contributed by atoms with E-state index in [9.17, 15) is 18.4 Å². The molecule has 4 nitrogen and oxygen atoms in total. The largest absolute Gasteiger partial charge is 0.497 e. The van der Waals surface area contributed by atoms with Crippen molar-refractivity contribution in [2.45, 2.75) is 12.3 Å². The molecule has 0 radical (unpaired) electrons. The molecule has 6 heteroatoms. The summed E-state index contributed by atoms with van der Waals surface area (Å²) in [5.41, 5.74) is 0.406. The number of halogens is 2. The van der Waals surface area contributed by atoms with Crippen LogP contribution < -0.4 is 4.74 Å². The lowest BCUT2D eigenvalue weighted by atomic mass is 9.88. The molecule has 0 bridgehead atoms. The molecule has 1 unspecified atom stereocenters. The Hall–Kier alpha value is -3.54. The molecule has 3 aromatic carbocycles. The van der Waals surface area contributed by atoms with Gasteiger partial charge in [0.2, 0.25) is 0 Å². The number of carbonyl (C=O) groups excluding carboxylic acids is 2. The van der Waals surface area contributed by atoms with E-state index in [4.69, 9.17) is 9.47 Å². The maximum Gasteiger partial charge on any atom is 0.341 e. The molecule has 0 fully saturated rings. The molecule has 0 heterocycles. The fraction of sp³-hybridized carbons (Fsp3) is 0.167. The molecule has 154 valence electrons. The van der Waals surface area contributed by atoms with E-state index in [2.05, 4.69) is 0 Å². The summed E-state index contributed by atoms with van der Waals surface area (Å²) >= 11 is 0. The maximum atomic E-state index is 14.2. The number of carbonyl (C=O) groups is 2. The van der Waals surface area contributed by atoms with Crippen LogP contribution in [0.3, 0.4) is 0 Å². The Bertz CT molecular complexity index is 1030. The molecule has 1 atom stereocenters. The van der Waals surface area contributed by atoms with Gasteiger partial charge in [-0.25, -0.2) is 13.6 Å². The van der Waals surface area contributed by atoms with Gasteiger partial charge in [0, 0.05) is 0 Å². The van der Waals surface area contributed by atoms with E-state index in [0.717, 1.165) is 0 Å². The van der Waals surface area contributed by atoms with Crippen LogP contribution in [0.5, 0.6) is 5.75 Å². The minimum atomic E-state index is -0.820. The summed E-state index contributed by atoms with van der Waals surface area (Å²) in [5, 5.41) is 0. The number of methoxy groups -OCH3 is 1.